The predicted molar refractivity (Wildman–Crippen MR) is 200 cm³/mol. The summed E-state index contributed by atoms with van der Waals surface area (Å²) >= 11 is 0. The smallest absolute Gasteiger partial charge is 0.343 e. The van der Waals surface area contributed by atoms with E-state index in [2.05, 4.69) is 21.3 Å². The first-order valence-electron chi connectivity index (χ1n) is 18.5. The van der Waals surface area contributed by atoms with Gasteiger partial charge in [0.05, 0.1) is 35.6 Å². The lowest BCUT2D eigenvalue weighted by Crippen LogP contribution is -2.53. The van der Waals surface area contributed by atoms with Crippen LogP contribution in [-0.2, 0) is 53.8 Å². The van der Waals surface area contributed by atoms with Gasteiger partial charge in [0.15, 0.2) is 5.60 Å². The number of amides is 5. The molecule has 0 saturated carbocycles. The fraction of sp³-hybridized carbons (Fsp3) is 0.500. The lowest BCUT2D eigenvalue weighted by molar-refractivity contribution is -0.172. The van der Waals surface area contributed by atoms with Crippen LogP contribution in [0.15, 0.2) is 28.6 Å². The van der Waals surface area contributed by atoms with Crippen LogP contribution in [0.25, 0.3) is 5.57 Å². The number of rotatable bonds is 14. The number of hydrogen-bond donors (Lipinski definition) is 8. The molecule has 0 saturated heterocycles. The SMILES string of the molecule is CC[C@@]1(O)C(=O)OCc2c1cc1n(c2=O)C/C(=C2/c3ccc(F)c(C)c3CC[C@@H]2NC(=O)COCNC(=O)[C@H](CCCNC(N)=O)NC(=O)[C@@H](N)C(C)C)C1=N. The summed E-state index contributed by atoms with van der Waals surface area (Å²) < 4.78 is 26.8. The zero-order valence-electron chi connectivity index (χ0n) is 31.8. The Hall–Kier alpha value is -5.46. The van der Waals surface area contributed by atoms with E-state index in [4.69, 9.17) is 20.9 Å². The van der Waals surface area contributed by atoms with Crippen molar-refractivity contribution in [1.82, 2.24) is 25.8 Å². The molecule has 0 bridgehead atoms. The highest BCUT2D eigenvalue weighted by molar-refractivity contribution is 6.16. The summed E-state index contributed by atoms with van der Waals surface area (Å²) in [5.74, 6) is -3.17. The Labute approximate surface area is 322 Å². The van der Waals surface area contributed by atoms with Crippen molar-refractivity contribution in [3.63, 3.8) is 0 Å². The number of ether oxygens (including phenoxy) is 2. The average molecular weight is 781 g/mol. The molecule has 5 rings (SSSR count). The molecular weight excluding hydrogens is 731 g/mol. The van der Waals surface area contributed by atoms with Crippen molar-refractivity contribution in [2.75, 3.05) is 19.9 Å². The molecule has 17 nitrogen and oxygen atoms in total. The van der Waals surface area contributed by atoms with Gasteiger partial charge in [0.1, 0.15) is 31.8 Å². The number of halogens is 1. The van der Waals surface area contributed by atoms with E-state index in [1.165, 1.54) is 16.7 Å². The molecule has 0 unspecified atom stereocenters. The van der Waals surface area contributed by atoms with E-state index < -0.39 is 78.2 Å². The molecule has 18 heteroatoms. The molecule has 4 atom stereocenters. The van der Waals surface area contributed by atoms with Gasteiger partial charge in [0.2, 0.25) is 17.7 Å². The highest BCUT2D eigenvalue weighted by Gasteiger charge is 2.46. The standard InChI is InChI=1S/C38H49FN8O9/c1-5-38(54)24-13-28-32(41)22(14-47(28)35(51)23(24)15-56-36(38)52)30-21-8-10-25(39)19(4)20(21)9-11-26(30)45-29(48)16-55-17-44-33(49)27(7-6-12-43-37(42)53)46-34(50)31(40)18(2)3/h8,10,13,18,26-27,31,41,54H,5-7,9,11-12,14-17,40H2,1-4H3,(H,44,49)(H,45,48)(H,46,50)(H3,42,43,53)/b30-22+,41-32?/t26-,27-,31-,38-/m0/s1. The molecule has 1 aromatic heterocycles. The number of hydrogen-bond acceptors (Lipinski definition) is 11. The third kappa shape index (κ3) is 8.36. The Balaban J connectivity index is 1.32. The summed E-state index contributed by atoms with van der Waals surface area (Å²) in [4.78, 5) is 76.4. The van der Waals surface area contributed by atoms with Gasteiger partial charge in [-0.15, -0.1) is 0 Å². The van der Waals surface area contributed by atoms with Crippen molar-refractivity contribution in [2.24, 2.45) is 17.4 Å². The minimum atomic E-state index is -2.06. The molecular formula is C38H49FN8O9. The zero-order chi connectivity index (χ0) is 41.1. The van der Waals surface area contributed by atoms with Crippen LogP contribution in [-0.4, -0.2) is 83.1 Å². The van der Waals surface area contributed by atoms with Gasteiger partial charge >= 0.3 is 12.0 Å². The quantitative estimate of drug-likeness (QED) is 0.0734. The molecule has 1 aromatic carbocycles. The number of fused-ring (bicyclic) bond motifs is 3. The molecule has 0 radical (unpaired) electrons. The number of benzene rings is 1. The van der Waals surface area contributed by atoms with E-state index in [0.29, 0.717) is 47.1 Å². The maximum atomic E-state index is 14.8. The summed E-state index contributed by atoms with van der Waals surface area (Å²) in [5, 5.41) is 30.9. The third-order valence-corrected chi connectivity index (χ3v) is 10.6. The summed E-state index contributed by atoms with van der Waals surface area (Å²) in [5.41, 5.74) is 11.5. The maximum Gasteiger partial charge on any atom is 0.343 e. The number of carbonyl (C=O) groups is 5. The van der Waals surface area contributed by atoms with Crippen LogP contribution < -0.4 is 38.3 Å². The van der Waals surface area contributed by atoms with Gasteiger partial charge in [-0.05, 0) is 79.3 Å². The lowest BCUT2D eigenvalue weighted by Gasteiger charge is -2.31. The number of aromatic nitrogens is 1. The number of nitrogens with two attached hydrogens (primary N) is 2. The second-order valence-electron chi connectivity index (χ2n) is 14.5. The number of nitrogens with zero attached hydrogens (tertiary/aromatic N) is 1. The number of pyridine rings is 1. The molecule has 0 fully saturated rings. The summed E-state index contributed by atoms with van der Waals surface area (Å²) in [7, 11) is 0. The van der Waals surface area contributed by atoms with Gasteiger partial charge in [0, 0.05) is 17.7 Å². The fourth-order valence-corrected chi connectivity index (χ4v) is 7.30. The molecule has 56 heavy (non-hydrogen) atoms. The van der Waals surface area contributed by atoms with E-state index in [9.17, 15) is 43.7 Å². The number of primary amides is 1. The van der Waals surface area contributed by atoms with Crippen LogP contribution in [0.4, 0.5) is 9.18 Å². The zero-order valence-corrected chi connectivity index (χ0v) is 31.8. The van der Waals surface area contributed by atoms with Gasteiger partial charge in [-0.25, -0.2) is 14.0 Å². The summed E-state index contributed by atoms with van der Waals surface area (Å²) in [6, 6.07) is 1.07. The molecule has 3 aliphatic rings. The molecule has 2 aliphatic heterocycles. The molecule has 302 valence electrons. The first kappa shape index (κ1) is 41.7. The van der Waals surface area contributed by atoms with Crippen LogP contribution in [0.3, 0.4) is 0 Å². The third-order valence-electron chi connectivity index (χ3n) is 10.6. The Kier molecular flexibility index (Phi) is 12.8. The van der Waals surface area contributed by atoms with Crippen molar-refractivity contribution < 1.29 is 42.9 Å². The largest absolute Gasteiger partial charge is 0.458 e. The normalized spacial score (nSPS) is 21.0. The number of urea groups is 1. The second kappa shape index (κ2) is 17.1. The van der Waals surface area contributed by atoms with E-state index >= 15 is 0 Å². The van der Waals surface area contributed by atoms with E-state index in [-0.39, 0.29) is 61.0 Å². The Bertz CT molecular complexity index is 2050. The first-order chi connectivity index (χ1) is 26.5. The second-order valence-corrected chi connectivity index (χ2v) is 14.5. The number of nitrogens with one attached hydrogen (secondary N) is 5. The molecule has 0 spiro atoms. The van der Waals surface area contributed by atoms with Crippen molar-refractivity contribution in [3.05, 3.63) is 73.5 Å². The molecule has 10 N–H and O–H groups in total. The van der Waals surface area contributed by atoms with Crippen LogP contribution in [0.1, 0.15) is 80.0 Å². The molecule has 5 amide bonds. The van der Waals surface area contributed by atoms with Crippen LogP contribution in [0.5, 0.6) is 0 Å². The van der Waals surface area contributed by atoms with Crippen molar-refractivity contribution in [1.29, 1.82) is 5.41 Å². The molecule has 1 aliphatic carbocycles. The number of allylic oxidation sites excluding steroid dienone is 1. The Morgan fingerprint density at radius 3 is 2.57 bits per heavy atom. The predicted octanol–water partition coefficient (Wildman–Crippen LogP) is 0.223. The van der Waals surface area contributed by atoms with Crippen molar-refractivity contribution in [3.8, 4) is 0 Å². The highest BCUT2D eigenvalue weighted by atomic mass is 19.1. The maximum absolute atomic E-state index is 14.8. The van der Waals surface area contributed by atoms with Gasteiger partial charge in [-0.2, -0.15) is 0 Å². The number of carbonyl (C=O) groups excluding carboxylic acids is 5. The number of esters is 1. The number of aliphatic hydroxyl groups is 1. The van der Waals surface area contributed by atoms with Crippen LogP contribution >= 0.6 is 0 Å². The van der Waals surface area contributed by atoms with Crippen LogP contribution in [0, 0.1) is 24.1 Å². The van der Waals surface area contributed by atoms with Crippen molar-refractivity contribution >= 4 is 41.0 Å². The molecule has 2 aromatic rings. The van der Waals surface area contributed by atoms with E-state index in [1.807, 2.05) is 0 Å². The van der Waals surface area contributed by atoms with Gasteiger partial charge in [-0.1, -0.05) is 26.8 Å². The van der Waals surface area contributed by atoms with Gasteiger partial charge in [0.25, 0.3) is 5.56 Å². The first-order valence-corrected chi connectivity index (χ1v) is 18.5. The topological polar surface area (TPSA) is 270 Å². The lowest BCUT2D eigenvalue weighted by atomic mass is 9.78. The highest BCUT2D eigenvalue weighted by Crippen LogP contribution is 2.40. The summed E-state index contributed by atoms with van der Waals surface area (Å²) in [6.07, 6.45) is 1.13. The number of cyclic esters (lactones) is 1. The van der Waals surface area contributed by atoms with Gasteiger partial charge in [-0.3, -0.25) is 24.6 Å². The Morgan fingerprint density at radius 2 is 1.89 bits per heavy atom. The molecule has 3 heterocycles. The van der Waals surface area contributed by atoms with E-state index in [1.54, 1.807) is 33.8 Å². The summed E-state index contributed by atoms with van der Waals surface area (Å²) in [6.45, 7) is 5.67. The fourth-order valence-electron chi connectivity index (χ4n) is 7.30. The van der Waals surface area contributed by atoms with Crippen LogP contribution in [0.2, 0.25) is 0 Å². The average Bonchev–Trinajstić information content (AvgIpc) is 3.49. The minimum Gasteiger partial charge on any atom is -0.458 e. The minimum absolute atomic E-state index is 0.0493. The Morgan fingerprint density at radius 1 is 1.16 bits per heavy atom. The van der Waals surface area contributed by atoms with E-state index in [0.717, 1.165) is 0 Å². The monoisotopic (exact) mass is 780 g/mol. The van der Waals surface area contributed by atoms with Gasteiger partial charge < -0.3 is 51.9 Å². The van der Waals surface area contributed by atoms with Crippen molar-refractivity contribution in [2.45, 2.75) is 96.7 Å².